The Morgan fingerprint density at radius 1 is 1.05 bits per heavy atom. The number of aromatic carboxylic acids is 1. The maximum Gasteiger partial charge on any atom is 0.366 e. The molecule has 0 amide bonds. The number of carbonyl (C=O) groups excluding carboxylic acids is 2. The zero-order chi connectivity index (χ0) is 16.5. The van der Waals surface area contributed by atoms with E-state index in [4.69, 9.17) is 14.6 Å². The molecule has 1 rings (SSSR count). The van der Waals surface area contributed by atoms with Crippen LogP contribution >= 0.6 is 0 Å². The third-order valence-electron chi connectivity index (χ3n) is 2.37. The lowest BCUT2D eigenvalue weighted by Crippen LogP contribution is -2.29. The van der Waals surface area contributed by atoms with E-state index in [9.17, 15) is 14.4 Å². The summed E-state index contributed by atoms with van der Waals surface area (Å²) in [5, 5.41) is 12.5. The smallest absolute Gasteiger partial charge is 0.366 e. The molecule has 0 aliphatic rings. The molecular weight excluding hydrogens is 292 g/mol. The summed E-state index contributed by atoms with van der Waals surface area (Å²) in [6.07, 6.45) is 0. The van der Waals surface area contributed by atoms with E-state index in [2.05, 4.69) is 10.5 Å². The van der Waals surface area contributed by atoms with Crippen LogP contribution in [0.1, 0.15) is 24.2 Å². The van der Waals surface area contributed by atoms with Crippen molar-refractivity contribution in [3.63, 3.8) is 0 Å². The zero-order valence-electron chi connectivity index (χ0n) is 12.2. The van der Waals surface area contributed by atoms with E-state index in [1.54, 1.807) is 13.8 Å². The first-order valence-corrected chi connectivity index (χ1v) is 6.50. The molecule has 0 fully saturated rings. The summed E-state index contributed by atoms with van der Waals surface area (Å²) < 4.78 is 9.44. The molecule has 0 aliphatic heterocycles. The second kappa shape index (κ2) is 8.40. The highest BCUT2D eigenvalue weighted by molar-refractivity contribution is 6.62. The van der Waals surface area contributed by atoms with Crippen molar-refractivity contribution in [3.8, 4) is 0 Å². The molecule has 8 heteroatoms. The van der Waals surface area contributed by atoms with Gasteiger partial charge in [-0.05, 0) is 38.1 Å². The summed E-state index contributed by atoms with van der Waals surface area (Å²) >= 11 is 0. The van der Waals surface area contributed by atoms with Crippen LogP contribution in [0.5, 0.6) is 0 Å². The van der Waals surface area contributed by atoms with Gasteiger partial charge in [0.1, 0.15) is 0 Å². The number of hydrogen-bond acceptors (Lipinski definition) is 7. The third kappa shape index (κ3) is 4.89. The van der Waals surface area contributed by atoms with Gasteiger partial charge < -0.3 is 14.6 Å². The lowest BCUT2D eigenvalue weighted by molar-refractivity contribution is -0.140. The minimum Gasteiger partial charge on any atom is -0.478 e. The first-order valence-electron chi connectivity index (χ1n) is 6.50. The highest BCUT2D eigenvalue weighted by Crippen LogP contribution is 2.09. The van der Waals surface area contributed by atoms with Gasteiger partial charge in [-0.25, -0.2) is 14.4 Å². The van der Waals surface area contributed by atoms with Crippen LogP contribution in [0.25, 0.3) is 0 Å². The number of hydrogen-bond donors (Lipinski definition) is 2. The molecule has 0 heterocycles. The predicted octanol–water partition coefficient (Wildman–Crippen LogP) is 1.28. The normalized spacial score (nSPS) is 9.55. The monoisotopic (exact) mass is 308 g/mol. The first-order chi connectivity index (χ1) is 10.5. The van der Waals surface area contributed by atoms with Gasteiger partial charge in [-0.15, -0.1) is 0 Å². The molecule has 8 nitrogen and oxygen atoms in total. The maximum atomic E-state index is 11.7. The lowest BCUT2D eigenvalue weighted by Gasteiger charge is -2.06. The number of benzene rings is 1. The van der Waals surface area contributed by atoms with Gasteiger partial charge in [-0.2, -0.15) is 5.10 Å². The number of anilines is 1. The standard InChI is InChI=1S/C14H16N2O6/c1-3-21-13(19)11(14(20)22-4-2)16-15-10-7-5-9(6-8-10)12(17)18/h5-8,15H,3-4H2,1-2H3,(H,17,18). The largest absolute Gasteiger partial charge is 0.478 e. The Balaban J connectivity index is 2.89. The Morgan fingerprint density at radius 2 is 1.55 bits per heavy atom. The van der Waals surface area contributed by atoms with Crippen LogP contribution in [0.3, 0.4) is 0 Å². The molecule has 0 saturated heterocycles. The average Bonchev–Trinajstić information content (AvgIpc) is 2.48. The Morgan fingerprint density at radius 3 is 1.95 bits per heavy atom. The number of esters is 2. The highest BCUT2D eigenvalue weighted by atomic mass is 16.6. The molecule has 0 spiro atoms. The Labute approximate surface area is 126 Å². The fraction of sp³-hybridized carbons (Fsp3) is 0.286. The molecule has 118 valence electrons. The first kappa shape index (κ1) is 17.2. The summed E-state index contributed by atoms with van der Waals surface area (Å²) in [6.45, 7) is 3.37. The van der Waals surface area contributed by atoms with Crippen LogP contribution in [0, 0.1) is 0 Å². The quantitative estimate of drug-likeness (QED) is 0.337. The third-order valence-corrected chi connectivity index (χ3v) is 2.37. The number of ether oxygens (including phenoxy) is 2. The molecule has 0 unspecified atom stereocenters. The Bertz CT molecular complexity index is 560. The van der Waals surface area contributed by atoms with Crippen LogP contribution in [0.2, 0.25) is 0 Å². The average molecular weight is 308 g/mol. The number of carbonyl (C=O) groups is 3. The van der Waals surface area contributed by atoms with E-state index < -0.39 is 23.6 Å². The second-order valence-corrected chi connectivity index (χ2v) is 3.90. The topological polar surface area (TPSA) is 114 Å². The maximum absolute atomic E-state index is 11.7. The minimum atomic E-state index is -1.06. The van der Waals surface area contributed by atoms with Crippen molar-refractivity contribution >= 4 is 29.3 Å². The molecule has 2 N–H and O–H groups in total. The molecule has 0 bridgehead atoms. The van der Waals surface area contributed by atoms with Gasteiger partial charge in [0.05, 0.1) is 24.5 Å². The van der Waals surface area contributed by atoms with Crippen molar-refractivity contribution in [1.29, 1.82) is 0 Å². The fourth-order valence-electron chi connectivity index (χ4n) is 1.38. The van der Waals surface area contributed by atoms with Gasteiger partial charge in [-0.1, -0.05) is 0 Å². The molecule has 22 heavy (non-hydrogen) atoms. The number of rotatable bonds is 7. The fourth-order valence-corrected chi connectivity index (χ4v) is 1.38. The highest BCUT2D eigenvalue weighted by Gasteiger charge is 2.23. The van der Waals surface area contributed by atoms with E-state index in [-0.39, 0.29) is 18.8 Å². The number of carboxylic acid groups (broad SMARTS) is 1. The summed E-state index contributed by atoms with van der Waals surface area (Å²) in [5.41, 5.74) is 2.46. The molecule has 1 aromatic rings. The van der Waals surface area contributed by atoms with Gasteiger partial charge in [0.15, 0.2) is 0 Å². The molecule has 0 aliphatic carbocycles. The van der Waals surface area contributed by atoms with Crippen molar-refractivity contribution in [3.05, 3.63) is 29.8 Å². The molecule has 0 aromatic heterocycles. The molecule has 0 atom stereocenters. The van der Waals surface area contributed by atoms with Crippen LogP contribution in [0.4, 0.5) is 5.69 Å². The van der Waals surface area contributed by atoms with Crippen molar-refractivity contribution in [2.45, 2.75) is 13.8 Å². The van der Waals surface area contributed by atoms with E-state index in [0.717, 1.165) is 0 Å². The Hall–Kier alpha value is -2.90. The summed E-state index contributed by atoms with van der Waals surface area (Å²) in [6, 6.07) is 5.60. The van der Waals surface area contributed by atoms with E-state index >= 15 is 0 Å². The lowest BCUT2D eigenvalue weighted by atomic mass is 10.2. The van der Waals surface area contributed by atoms with Gasteiger partial charge >= 0.3 is 17.9 Å². The molecule has 0 saturated carbocycles. The van der Waals surface area contributed by atoms with Crippen molar-refractivity contribution < 1.29 is 29.0 Å². The van der Waals surface area contributed by atoms with Gasteiger partial charge in [0.25, 0.3) is 5.71 Å². The number of nitrogens with zero attached hydrogens (tertiary/aromatic N) is 1. The van der Waals surface area contributed by atoms with Crippen molar-refractivity contribution in [2.24, 2.45) is 5.10 Å². The van der Waals surface area contributed by atoms with E-state index in [1.807, 2.05) is 0 Å². The van der Waals surface area contributed by atoms with Crippen LogP contribution in [-0.4, -0.2) is 41.9 Å². The Kier molecular flexibility index (Phi) is 6.55. The van der Waals surface area contributed by atoms with Crippen LogP contribution < -0.4 is 5.43 Å². The minimum absolute atomic E-state index is 0.0879. The van der Waals surface area contributed by atoms with Crippen LogP contribution in [0.15, 0.2) is 29.4 Å². The van der Waals surface area contributed by atoms with Crippen molar-refractivity contribution in [2.75, 3.05) is 18.6 Å². The summed E-state index contributed by atoms with van der Waals surface area (Å²) in [7, 11) is 0. The van der Waals surface area contributed by atoms with Gasteiger partial charge in [0.2, 0.25) is 0 Å². The summed E-state index contributed by atoms with van der Waals surface area (Å²) in [5.74, 6) is -2.88. The van der Waals surface area contributed by atoms with Crippen LogP contribution in [-0.2, 0) is 19.1 Å². The predicted molar refractivity (Wildman–Crippen MR) is 77.7 cm³/mol. The van der Waals surface area contributed by atoms with E-state index in [0.29, 0.717) is 5.69 Å². The second-order valence-electron chi connectivity index (χ2n) is 3.90. The molecular formula is C14H16N2O6. The number of nitrogens with one attached hydrogen (secondary N) is 1. The summed E-state index contributed by atoms with van der Waals surface area (Å²) in [4.78, 5) is 34.0. The molecule has 0 radical (unpaired) electrons. The van der Waals surface area contributed by atoms with E-state index in [1.165, 1.54) is 24.3 Å². The van der Waals surface area contributed by atoms with Crippen molar-refractivity contribution in [1.82, 2.24) is 0 Å². The zero-order valence-corrected chi connectivity index (χ0v) is 12.2. The van der Waals surface area contributed by atoms with Gasteiger partial charge in [-0.3, -0.25) is 5.43 Å². The molecule has 1 aromatic carbocycles. The number of hydrazone groups is 1. The number of carboxylic acids is 1. The SMILES string of the molecule is CCOC(=O)C(=NNc1ccc(C(=O)O)cc1)C(=O)OCC. The van der Waals surface area contributed by atoms with Gasteiger partial charge in [0, 0.05) is 0 Å².